The van der Waals surface area contributed by atoms with Crippen LogP contribution in [0.5, 0.6) is 0 Å². The molecular formula is C14H19FN2S. The normalized spacial score (nSPS) is 10.1. The number of nitriles is 1. The van der Waals surface area contributed by atoms with Crippen molar-refractivity contribution in [2.45, 2.75) is 25.7 Å². The highest BCUT2D eigenvalue weighted by Gasteiger charge is 1.99. The molecule has 1 aromatic rings. The van der Waals surface area contributed by atoms with Crippen molar-refractivity contribution in [1.29, 1.82) is 5.26 Å². The lowest BCUT2D eigenvalue weighted by atomic mass is 10.2. The molecule has 1 rings (SSSR count). The van der Waals surface area contributed by atoms with Gasteiger partial charge in [0.05, 0.1) is 11.6 Å². The first-order valence-electron chi connectivity index (χ1n) is 6.20. The van der Waals surface area contributed by atoms with Crippen LogP contribution in [-0.2, 0) is 0 Å². The highest BCUT2D eigenvalue weighted by molar-refractivity contribution is 7.98. The van der Waals surface area contributed by atoms with E-state index in [0.717, 1.165) is 13.0 Å². The lowest BCUT2D eigenvalue weighted by molar-refractivity contribution is 0.627. The van der Waals surface area contributed by atoms with E-state index >= 15 is 0 Å². The number of nitrogens with zero attached hydrogens (tertiary/aromatic N) is 1. The molecule has 0 amide bonds. The first-order valence-corrected chi connectivity index (χ1v) is 7.59. The summed E-state index contributed by atoms with van der Waals surface area (Å²) in [6.07, 6.45) is 6.90. The number of hydrogen-bond acceptors (Lipinski definition) is 3. The van der Waals surface area contributed by atoms with E-state index in [0.29, 0.717) is 11.3 Å². The van der Waals surface area contributed by atoms with Gasteiger partial charge in [0.15, 0.2) is 0 Å². The van der Waals surface area contributed by atoms with Crippen molar-refractivity contribution in [3.05, 3.63) is 29.6 Å². The minimum absolute atomic E-state index is 0.359. The van der Waals surface area contributed by atoms with Crippen molar-refractivity contribution in [3.8, 4) is 6.07 Å². The third-order valence-electron chi connectivity index (χ3n) is 2.63. The van der Waals surface area contributed by atoms with Gasteiger partial charge >= 0.3 is 0 Å². The van der Waals surface area contributed by atoms with Gasteiger partial charge in [0, 0.05) is 12.2 Å². The molecular weight excluding hydrogens is 247 g/mol. The van der Waals surface area contributed by atoms with Crippen LogP contribution in [0, 0.1) is 17.1 Å². The number of nitrogens with one attached hydrogen (secondary N) is 1. The van der Waals surface area contributed by atoms with E-state index in [9.17, 15) is 4.39 Å². The quantitative estimate of drug-likeness (QED) is 0.721. The van der Waals surface area contributed by atoms with Crippen LogP contribution < -0.4 is 5.32 Å². The number of rotatable bonds is 8. The number of thioether (sulfide) groups is 1. The fourth-order valence-corrected chi connectivity index (χ4v) is 2.21. The summed E-state index contributed by atoms with van der Waals surface area (Å²) >= 11 is 1.88. The topological polar surface area (TPSA) is 35.8 Å². The molecule has 2 nitrogen and oxygen atoms in total. The van der Waals surface area contributed by atoms with Crippen LogP contribution in [0.1, 0.15) is 31.2 Å². The predicted octanol–water partition coefficient (Wildman–Crippen LogP) is 4.03. The molecule has 0 saturated heterocycles. The highest BCUT2D eigenvalue weighted by Crippen LogP contribution is 2.13. The summed E-state index contributed by atoms with van der Waals surface area (Å²) in [4.78, 5) is 0. The third kappa shape index (κ3) is 5.92. The standard InChI is InChI=1S/C14H19FN2S/c1-18-7-5-3-2-4-6-17-14-9-12(11-16)8-13(15)10-14/h8-10,17H,2-7H2,1H3. The van der Waals surface area contributed by atoms with Crippen LogP contribution in [0.3, 0.4) is 0 Å². The maximum absolute atomic E-state index is 13.1. The molecule has 98 valence electrons. The number of anilines is 1. The molecule has 0 heterocycles. The maximum Gasteiger partial charge on any atom is 0.126 e. The summed E-state index contributed by atoms with van der Waals surface area (Å²) in [5.41, 5.74) is 1.05. The lowest BCUT2D eigenvalue weighted by Crippen LogP contribution is -2.02. The van der Waals surface area contributed by atoms with Crippen molar-refractivity contribution < 1.29 is 4.39 Å². The number of benzene rings is 1. The number of halogens is 1. The van der Waals surface area contributed by atoms with E-state index in [1.54, 1.807) is 6.07 Å². The van der Waals surface area contributed by atoms with E-state index in [2.05, 4.69) is 11.6 Å². The van der Waals surface area contributed by atoms with Crippen LogP contribution in [0.25, 0.3) is 0 Å². The molecule has 0 aliphatic carbocycles. The second kappa shape index (κ2) is 8.82. The minimum Gasteiger partial charge on any atom is -0.385 e. The molecule has 0 unspecified atom stereocenters. The Labute approximate surface area is 113 Å². The Morgan fingerprint density at radius 3 is 2.72 bits per heavy atom. The van der Waals surface area contributed by atoms with Gasteiger partial charge in [-0.05, 0) is 43.0 Å². The first kappa shape index (κ1) is 14.8. The van der Waals surface area contributed by atoms with Gasteiger partial charge in [-0.15, -0.1) is 0 Å². The van der Waals surface area contributed by atoms with E-state index in [1.807, 2.05) is 17.8 Å². The maximum atomic E-state index is 13.1. The molecule has 0 bridgehead atoms. The average Bonchev–Trinajstić information content (AvgIpc) is 2.37. The number of hydrogen-bond donors (Lipinski definition) is 1. The smallest absolute Gasteiger partial charge is 0.126 e. The fourth-order valence-electron chi connectivity index (χ4n) is 1.71. The van der Waals surface area contributed by atoms with Gasteiger partial charge in [-0.2, -0.15) is 17.0 Å². The molecule has 1 aromatic carbocycles. The second-order valence-electron chi connectivity index (χ2n) is 4.17. The second-order valence-corrected chi connectivity index (χ2v) is 5.16. The SMILES string of the molecule is CSCCCCCCNc1cc(F)cc(C#N)c1. The molecule has 0 spiro atoms. The van der Waals surface area contributed by atoms with E-state index in [4.69, 9.17) is 5.26 Å². The zero-order valence-corrected chi connectivity index (χ0v) is 11.5. The largest absolute Gasteiger partial charge is 0.385 e. The summed E-state index contributed by atoms with van der Waals surface area (Å²) < 4.78 is 13.1. The summed E-state index contributed by atoms with van der Waals surface area (Å²) in [7, 11) is 0. The van der Waals surface area contributed by atoms with E-state index in [-0.39, 0.29) is 5.82 Å². The molecule has 4 heteroatoms. The van der Waals surface area contributed by atoms with Gasteiger partial charge in [0.25, 0.3) is 0 Å². The summed E-state index contributed by atoms with van der Waals surface area (Å²) in [5, 5.41) is 11.9. The molecule has 0 aliphatic rings. The molecule has 1 N–H and O–H groups in total. The van der Waals surface area contributed by atoms with Crippen molar-refractivity contribution in [2.75, 3.05) is 23.9 Å². The molecule has 0 fully saturated rings. The van der Waals surface area contributed by atoms with Crippen molar-refractivity contribution in [3.63, 3.8) is 0 Å². The monoisotopic (exact) mass is 266 g/mol. The average molecular weight is 266 g/mol. The zero-order valence-electron chi connectivity index (χ0n) is 10.7. The van der Waals surface area contributed by atoms with Crippen LogP contribution in [0.15, 0.2) is 18.2 Å². The van der Waals surface area contributed by atoms with Crippen molar-refractivity contribution in [2.24, 2.45) is 0 Å². The summed E-state index contributed by atoms with van der Waals surface area (Å²) in [6, 6.07) is 6.30. The lowest BCUT2D eigenvalue weighted by Gasteiger charge is -2.06. The first-order chi connectivity index (χ1) is 8.76. The van der Waals surface area contributed by atoms with Crippen LogP contribution in [-0.4, -0.2) is 18.6 Å². The molecule has 0 radical (unpaired) electrons. The van der Waals surface area contributed by atoms with Crippen LogP contribution in [0.2, 0.25) is 0 Å². The highest BCUT2D eigenvalue weighted by atomic mass is 32.2. The molecule has 18 heavy (non-hydrogen) atoms. The van der Waals surface area contributed by atoms with Crippen LogP contribution in [0.4, 0.5) is 10.1 Å². The Morgan fingerprint density at radius 2 is 2.00 bits per heavy atom. The van der Waals surface area contributed by atoms with Gasteiger partial charge in [0.1, 0.15) is 5.82 Å². The van der Waals surface area contributed by atoms with Crippen molar-refractivity contribution >= 4 is 17.4 Å². The van der Waals surface area contributed by atoms with Gasteiger partial charge in [0.2, 0.25) is 0 Å². The Hall–Kier alpha value is -1.21. The molecule has 0 aliphatic heterocycles. The van der Waals surface area contributed by atoms with Gasteiger partial charge in [-0.1, -0.05) is 12.8 Å². The summed E-state index contributed by atoms with van der Waals surface area (Å²) in [5.74, 6) is 0.861. The van der Waals surface area contributed by atoms with E-state index in [1.165, 1.54) is 37.1 Å². The fraction of sp³-hybridized carbons (Fsp3) is 0.500. The predicted molar refractivity (Wildman–Crippen MR) is 76.5 cm³/mol. The number of unbranched alkanes of at least 4 members (excludes halogenated alkanes) is 3. The molecule has 0 saturated carbocycles. The van der Waals surface area contributed by atoms with Gasteiger partial charge in [-0.25, -0.2) is 4.39 Å². The van der Waals surface area contributed by atoms with Crippen LogP contribution >= 0.6 is 11.8 Å². The Balaban J connectivity index is 2.23. The molecule has 0 aromatic heterocycles. The Kier molecular flexibility index (Phi) is 7.28. The summed E-state index contributed by atoms with van der Waals surface area (Å²) in [6.45, 7) is 0.827. The zero-order chi connectivity index (χ0) is 13.2. The third-order valence-corrected chi connectivity index (χ3v) is 3.33. The minimum atomic E-state index is -0.364. The Morgan fingerprint density at radius 1 is 1.22 bits per heavy atom. The Bertz CT molecular complexity index is 401. The molecule has 0 atom stereocenters. The van der Waals surface area contributed by atoms with Crippen molar-refractivity contribution in [1.82, 2.24) is 0 Å². The van der Waals surface area contributed by atoms with E-state index < -0.39 is 0 Å². The van der Waals surface area contributed by atoms with Gasteiger partial charge in [-0.3, -0.25) is 0 Å². The van der Waals surface area contributed by atoms with Gasteiger partial charge < -0.3 is 5.32 Å².